The number of nitrogens with one attached hydrogen (secondary N) is 1. The Bertz CT molecular complexity index is 130. The van der Waals surface area contributed by atoms with Gasteiger partial charge in [0, 0.05) is 6.21 Å². The van der Waals surface area contributed by atoms with E-state index in [1.165, 1.54) is 12.8 Å². The van der Waals surface area contributed by atoms with Gasteiger partial charge in [0.1, 0.15) is 0 Å². The molecule has 0 aromatic carbocycles. The third-order valence-electron chi connectivity index (χ3n) is 1.86. The number of aliphatic imine (C=N–C) groups is 1. The van der Waals surface area contributed by atoms with Gasteiger partial charge in [-0.15, -0.1) is 0 Å². The zero-order chi connectivity index (χ0) is 10.1. The maximum absolute atomic E-state index is 4.33. The summed E-state index contributed by atoms with van der Waals surface area (Å²) in [6.45, 7) is 10.7. The van der Waals surface area contributed by atoms with E-state index < -0.39 is 0 Å². The molecule has 0 rings (SSSR count). The van der Waals surface area contributed by atoms with Gasteiger partial charge in [-0.3, -0.25) is 10.3 Å². The van der Waals surface area contributed by atoms with Gasteiger partial charge in [0.2, 0.25) is 0 Å². The highest BCUT2D eigenvalue weighted by atomic mass is 15.0. The largest absolute Gasteiger partial charge is 0.298 e. The van der Waals surface area contributed by atoms with E-state index in [-0.39, 0.29) is 0 Å². The van der Waals surface area contributed by atoms with Gasteiger partial charge in [-0.1, -0.05) is 34.1 Å². The van der Waals surface area contributed by atoms with Crippen molar-refractivity contribution >= 4 is 6.21 Å². The quantitative estimate of drug-likeness (QED) is 0.477. The van der Waals surface area contributed by atoms with Gasteiger partial charge >= 0.3 is 0 Å². The minimum Gasteiger partial charge on any atom is -0.298 e. The molecule has 0 aliphatic rings. The molecular formula is C11H24N2. The van der Waals surface area contributed by atoms with Gasteiger partial charge in [0.05, 0.1) is 6.67 Å². The van der Waals surface area contributed by atoms with Crippen LogP contribution in [0.25, 0.3) is 0 Å². The van der Waals surface area contributed by atoms with Crippen molar-refractivity contribution in [2.45, 2.75) is 40.5 Å². The molecular weight excluding hydrogens is 160 g/mol. The Morgan fingerprint density at radius 1 is 1.31 bits per heavy atom. The van der Waals surface area contributed by atoms with Crippen LogP contribution < -0.4 is 5.32 Å². The average molecular weight is 184 g/mol. The van der Waals surface area contributed by atoms with Crippen molar-refractivity contribution in [1.82, 2.24) is 5.32 Å². The summed E-state index contributed by atoms with van der Waals surface area (Å²) in [7, 11) is 0. The van der Waals surface area contributed by atoms with Gasteiger partial charge in [0.25, 0.3) is 0 Å². The molecule has 2 heteroatoms. The molecule has 0 saturated carbocycles. The summed E-state index contributed by atoms with van der Waals surface area (Å²) in [6, 6.07) is 0. The lowest BCUT2D eigenvalue weighted by Crippen LogP contribution is -2.19. The smallest absolute Gasteiger partial charge is 0.0880 e. The Balaban J connectivity index is 3.30. The normalized spacial score (nSPS) is 14.2. The van der Waals surface area contributed by atoms with E-state index in [4.69, 9.17) is 0 Å². The molecule has 0 aromatic heterocycles. The summed E-state index contributed by atoms with van der Waals surface area (Å²) < 4.78 is 0. The lowest BCUT2D eigenvalue weighted by molar-refractivity contribution is 0.560. The van der Waals surface area contributed by atoms with Crippen LogP contribution >= 0.6 is 0 Å². The van der Waals surface area contributed by atoms with E-state index in [0.717, 1.165) is 13.2 Å². The standard InChI is InChI=1S/C11H24N2/c1-5-6-11(4)8-13-9-12-7-10(2)3/h8,10-12H,5-7,9H2,1-4H3/b13-8-. The topological polar surface area (TPSA) is 24.4 Å². The Labute approximate surface area is 82.8 Å². The molecule has 0 spiro atoms. The van der Waals surface area contributed by atoms with Gasteiger partial charge in [-0.25, -0.2) is 0 Å². The summed E-state index contributed by atoms with van der Waals surface area (Å²) in [6.07, 6.45) is 4.55. The van der Waals surface area contributed by atoms with E-state index in [0.29, 0.717) is 11.8 Å². The predicted octanol–water partition coefficient (Wildman–Crippen LogP) is 2.70. The Morgan fingerprint density at radius 2 is 2.00 bits per heavy atom. The molecule has 0 aliphatic heterocycles. The molecule has 1 atom stereocenters. The van der Waals surface area contributed by atoms with Crippen LogP contribution in [0.5, 0.6) is 0 Å². The molecule has 0 fully saturated rings. The second kappa shape index (κ2) is 8.24. The lowest BCUT2D eigenvalue weighted by Gasteiger charge is -2.05. The van der Waals surface area contributed by atoms with Crippen molar-refractivity contribution < 1.29 is 0 Å². The summed E-state index contributed by atoms with van der Waals surface area (Å²) in [5.41, 5.74) is 0. The fourth-order valence-electron chi connectivity index (χ4n) is 1.18. The van der Waals surface area contributed by atoms with Crippen molar-refractivity contribution in [3.05, 3.63) is 0 Å². The third kappa shape index (κ3) is 9.54. The van der Waals surface area contributed by atoms with Crippen LogP contribution in [0.3, 0.4) is 0 Å². The molecule has 0 bridgehead atoms. The van der Waals surface area contributed by atoms with Gasteiger partial charge < -0.3 is 0 Å². The molecule has 1 N–H and O–H groups in total. The highest BCUT2D eigenvalue weighted by molar-refractivity contribution is 5.59. The van der Waals surface area contributed by atoms with Crippen LogP contribution in [0, 0.1) is 11.8 Å². The van der Waals surface area contributed by atoms with E-state index in [2.05, 4.69) is 44.2 Å². The fraction of sp³-hybridized carbons (Fsp3) is 0.909. The maximum Gasteiger partial charge on any atom is 0.0880 e. The predicted molar refractivity (Wildman–Crippen MR) is 60.3 cm³/mol. The molecule has 78 valence electrons. The van der Waals surface area contributed by atoms with Crippen LogP contribution in [0.2, 0.25) is 0 Å². The molecule has 0 aromatic rings. The Kier molecular flexibility index (Phi) is 8.00. The van der Waals surface area contributed by atoms with Gasteiger partial charge in [-0.2, -0.15) is 0 Å². The highest BCUT2D eigenvalue weighted by Crippen LogP contribution is 2.00. The molecule has 0 radical (unpaired) electrons. The van der Waals surface area contributed by atoms with Crippen molar-refractivity contribution in [3.63, 3.8) is 0 Å². The first-order valence-electron chi connectivity index (χ1n) is 5.37. The lowest BCUT2D eigenvalue weighted by atomic mass is 10.1. The summed E-state index contributed by atoms with van der Waals surface area (Å²) >= 11 is 0. The number of hydrogen-bond acceptors (Lipinski definition) is 2. The van der Waals surface area contributed by atoms with Crippen molar-refractivity contribution in [2.75, 3.05) is 13.2 Å². The molecule has 0 amide bonds. The van der Waals surface area contributed by atoms with E-state index >= 15 is 0 Å². The van der Waals surface area contributed by atoms with Crippen molar-refractivity contribution in [1.29, 1.82) is 0 Å². The van der Waals surface area contributed by atoms with Crippen LogP contribution in [-0.4, -0.2) is 19.4 Å². The van der Waals surface area contributed by atoms with Gasteiger partial charge in [0.15, 0.2) is 0 Å². The number of hydrogen-bond donors (Lipinski definition) is 1. The minimum atomic E-state index is 0.630. The third-order valence-corrected chi connectivity index (χ3v) is 1.86. The summed E-state index contributed by atoms with van der Waals surface area (Å²) in [5, 5.41) is 3.28. The summed E-state index contributed by atoms with van der Waals surface area (Å²) in [4.78, 5) is 4.33. The molecule has 1 unspecified atom stereocenters. The SMILES string of the molecule is CCCC(C)/C=N\CNCC(C)C. The van der Waals surface area contributed by atoms with Crippen LogP contribution in [0.4, 0.5) is 0 Å². The molecule has 0 heterocycles. The van der Waals surface area contributed by atoms with Gasteiger partial charge in [-0.05, 0) is 24.8 Å². The maximum atomic E-state index is 4.33. The average Bonchev–Trinajstić information content (AvgIpc) is 2.03. The monoisotopic (exact) mass is 184 g/mol. The van der Waals surface area contributed by atoms with Crippen LogP contribution in [0.15, 0.2) is 4.99 Å². The zero-order valence-electron chi connectivity index (χ0n) is 9.51. The first-order chi connectivity index (χ1) is 6.16. The van der Waals surface area contributed by atoms with Crippen molar-refractivity contribution in [2.24, 2.45) is 16.8 Å². The fourth-order valence-corrected chi connectivity index (χ4v) is 1.18. The van der Waals surface area contributed by atoms with E-state index in [1.807, 2.05) is 0 Å². The Morgan fingerprint density at radius 3 is 2.54 bits per heavy atom. The number of rotatable bonds is 7. The second-order valence-electron chi connectivity index (χ2n) is 4.10. The second-order valence-corrected chi connectivity index (χ2v) is 4.10. The first-order valence-corrected chi connectivity index (χ1v) is 5.37. The highest BCUT2D eigenvalue weighted by Gasteiger charge is 1.94. The van der Waals surface area contributed by atoms with Crippen LogP contribution in [-0.2, 0) is 0 Å². The van der Waals surface area contributed by atoms with Crippen LogP contribution in [0.1, 0.15) is 40.5 Å². The first kappa shape index (κ1) is 12.6. The Hall–Kier alpha value is -0.370. The van der Waals surface area contributed by atoms with E-state index in [1.54, 1.807) is 0 Å². The molecule has 2 nitrogen and oxygen atoms in total. The molecule has 0 saturated heterocycles. The molecule has 0 aliphatic carbocycles. The minimum absolute atomic E-state index is 0.630. The van der Waals surface area contributed by atoms with E-state index in [9.17, 15) is 0 Å². The summed E-state index contributed by atoms with van der Waals surface area (Å²) in [5.74, 6) is 1.34. The number of nitrogens with zero attached hydrogens (tertiary/aromatic N) is 1. The van der Waals surface area contributed by atoms with Crippen molar-refractivity contribution in [3.8, 4) is 0 Å². The zero-order valence-corrected chi connectivity index (χ0v) is 9.51. The molecule has 13 heavy (non-hydrogen) atoms.